The van der Waals surface area contributed by atoms with E-state index in [1.807, 2.05) is 13.0 Å². The highest BCUT2D eigenvalue weighted by Crippen LogP contribution is 2.19. The first-order valence-corrected chi connectivity index (χ1v) is 10.9. The van der Waals surface area contributed by atoms with E-state index in [1.165, 1.54) is 22.5 Å². The molecular weight excluding hydrogens is 395 g/mol. The van der Waals surface area contributed by atoms with Crippen LogP contribution in [0.2, 0.25) is 0 Å². The lowest BCUT2D eigenvalue weighted by atomic mass is 10.2. The van der Waals surface area contributed by atoms with Gasteiger partial charge in [-0.15, -0.1) is 0 Å². The van der Waals surface area contributed by atoms with Gasteiger partial charge in [-0.25, -0.2) is 17.8 Å². The summed E-state index contributed by atoms with van der Waals surface area (Å²) < 4.78 is 40.8. The van der Waals surface area contributed by atoms with Crippen LogP contribution in [0.15, 0.2) is 58.2 Å². The second kappa shape index (κ2) is 7.66. The Morgan fingerprint density at radius 2 is 1.76 bits per heavy atom. The Morgan fingerprint density at radius 3 is 2.48 bits per heavy atom. The molecule has 152 valence electrons. The van der Waals surface area contributed by atoms with Crippen LogP contribution in [0.5, 0.6) is 0 Å². The van der Waals surface area contributed by atoms with E-state index in [1.54, 1.807) is 18.2 Å². The van der Waals surface area contributed by atoms with Gasteiger partial charge in [0.15, 0.2) is 5.82 Å². The van der Waals surface area contributed by atoms with Gasteiger partial charge in [0, 0.05) is 0 Å². The van der Waals surface area contributed by atoms with E-state index in [2.05, 4.69) is 9.97 Å². The Bertz CT molecular complexity index is 1200. The van der Waals surface area contributed by atoms with Gasteiger partial charge in [-0.3, -0.25) is 4.79 Å². The zero-order valence-electron chi connectivity index (χ0n) is 15.9. The number of aromatic amines is 1. The summed E-state index contributed by atoms with van der Waals surface area (Å²) in [6, 6.07) is 12.5. The van der Waals surface area contributed by atoms with Gasteiger partial charge in [-0.05, 0) is 31.2 Å². The van der Waals surface area contributed by atoms with Crippen molar-refractivity contribution in [3.05, 3.63) is 70.5 Å². The number of rotatable bonds is 4. The molecule has 1 saturated heterocycles. The molecule has 0 radical (unpaired) electrons. The largest absolute Gasteiger partial charge is 0.324 e. The molecule has 9 heteroatoms. The number of H-pyrrole nitrogens is 1. The lowest BCUT2D eigenvalue weighted by molar-refractivity contribution is -0.933. The number of nitrogens with one attached hydrogen (secondary N) is 2. The van der Waals surface area contributed by atoms with Gasteiger partial charge in [0.2, 0.25) is 10.0 Å². The molecule has 0 saturated carbocycles. The van der Waals surface area contributed by atoms with Crippen LogP contribution in [0.3, 0.4) is 0 Å². The predicted molar refractivity (Wildman–Crippen MR) is 107 cm³/mol. The highest BCUT2D eigenvalue weighted by atomic mass is 32.2. The molecule has 1 atom stereocenters. The van der Waals surface area contributed by atoms with Crippen LogP contribution in [-0.2, 0) is 10.0 Å². The summed E-state index contributed by atoms with van der Waals surface area (Å²) in [6.45, 7) is 3.57. The summed E-state index contributed by atoms with van der Waals surface area (Å²) in [4.78, 5) is 20.6. The lowest BCUT2D eigenvalue weighted by Crippen LogP contribution is -3.14. The van der Waals surface area contributed by atoms with Crippen LogP contribution in [0, 0.1) is 5.82 Å². The maximum Gasteiger partial charge on any atom is 0.258 e. The fourth-order valence-electron chi connectivity index (χ4n) is 3.74. The molecule has 1 fully saturated rings. The molecule has 2 aromatic carbocycles. The molecule has 2 N–H and O–H groups in total. The quantitative estimate of drug-likeness (QED) is 0.655. The van der Waals surface area contributed by atoms with Crippen LogP contribution in [-0.4, -0.2) is 48.9 Å². The number of halogens is 1. The SMILES string of the molecule is C[C@H](c1nc2ccccc2c(=O)[nH]1)[NH+]1CCN(S(=O)(=O)c2ccccc2F)CC1. The van der Waals surface area contributed by atoms with Crippen molar-refractivity contribution in [2.45, 2.75) is 17.9 Å². The van der Waals surface area contributed by atoms with Crippen molar-refractivity contribution in [2.75, 3.05) is 26.2 Å². The lowest BCUT2D eigenvalue weighted by Gasteiger charge is -2.34. The molecule has 2 heterocycles. The Balaban J connectivity index is 1.51. The maximum absolute atomic E-state index is 14.0. The molecular formula is C20H22FN4O3S+. The first kappa shape index (κ1) is 19.7. The number of hydrogen-bond acceptors (Lipinski definition) is 4. The van der Waals surface area contributed by atoms with Gasteiger partial charge < -0.3 is 9.88 Å². The molecule has 3 aromatic rings. The third-order valence-corrected chi connectivity index (χ3v) is 7.40. The number of sulfonamides is 1. The highest BCUT2D eigenvalue weighted by molar-refractivity contribution is 7.89. The Kier molecular flexibility index (Phi) is 5.20. The molecule has 0 aliphatic carbocycles. The molecule has 0 bridgehead atoms. The van der Waals surface area contributed by atoms with E-state index >= 15 is 0 Å². The average Bonchev–Trinajstić information content (AvgIpc) is 2.73. The predicted octanol–water partition coefficient (Wildman–Crippen LogP) is 0.713. The van der Waals surface area contributed by atoms with E-state index in [0.717, 1.165) is 11.0 Å². The molecule has 1 aliphatic heterocycles. The minimum atomic E-state index is -3.87. The van der Waals surface area contributed by atoms with E-state index in [-0.39, 0.29) is 29.6 Å². The van der Waals surface area contributed by atoms with Gasteiger partial charge in [0.25, 0.3) is 5.56 Å². The summed E-state index contributed by atoms with van der Waals surface area (Å²) >= 11 is 0. The van der Waals surface area contributed by atoms with Crippen molar-refractivity contribution >= 4 is 20.9 Å². The molecule has 1 aromatic heterocycles. The monoisotopic (exact) mass is 417 g/mol. The summed E-state index contributed by atoms with van der Waals surface area (Å²) in [5, 5.41) is 0.541. The van der Waals surface area contributed by atoms with Crippen molar-refractivity contribution in [1.82, 2.24) is 14.3 Å². The Labute approximate surface area is 167 Å². The zero-order chi connectivity index (χ0) is 20.6. The van der Waals surface area contributed by atoms with Crippen LogP contribution in [0.4, 0.5) is 4.39 Å². The van der Waals surface area contributed by atoms with Crippen molar-refractivity contribution in [3.8, 4) is 0 Å². The summed E-state index contributed by atoms with van der Waals surface area (Å²) in [6.07, 6.45) is 0. The molecule has 1 aliphatic rings. The van der Waals surface area contributed by atoms with E-state index < -0.39 is 15.8 Å². The number of piperazine rings is 1. The van der Waals surface area contributed by atoms with Crippen LogP contribution >= 0.6 is 0 Å². The smallest absolute Gasteiger partial charge is 0.258 e. The first-order chi connectivity index (χ1) is 13.9. The van der Waals surface area contributed by atoms with Crippen LogP contribution in [0.1, 0.15) is 18.8 Å². The van der Waals surface area contributed by atoms with Crippen molar-refractivity contribution in [1.29, 1.82) is 0 Å². The topological polar surface area (TPSA) is 87.6 Å². The van der Waals surface area contributed by atoms with Gasteiger partial charge in [0.05, 0.1) is 37.1 Å². The van der Waals surface area contributed by atoms with Gasteiger partial charge >= 0.3 is 0 Å². The zero-order valence-corrected chi connectivity index (χ0v) is 16.7. The van der Waals surface area contributed by atoms with Gasteiger partial charge in [0.1, 0.15) is 16.8 Å². The van der Waals surface area contributed by atoms with E-state index in [4.69, 9.17) is 0 Å². The van der Waals surface area contributed by atoms with Crippen molar-refractivity contribution < 1.29 is 17.7 Å². The number of benzene rings is 2. The van der Waals surface area contributed by atoms with Crippen molar-refractivity contribution in [3.63, 3.8) is 0 Å². The molecule has 29 heavy (non-hydrogen) atoms. The number of hydrogen-bond donors (Lipinski definition) is 2. The normalized spacial score (nSPS) is 17.4. The summed E-state index contributed by atoms with van der Waals surface area (Å²) in [5.41, 5.74) is 0.455. The van der Waals surface area contributed by atoms with Crippen LogP contribution in [0.25, 0.3) is 10.9 Å². The standard InChI is InChI=1S/C20H21FN4O3S/c1-14(19-22-17-8-4-2-6-15(17)20(26)23-19)24-10-12-25(13-11-24)29(27,28)18-9-5-3-7-16(18)21/h2-9,14H,10-13H2,1H3,(H,22,23,26)/p+1/t14-/m1/s1. The molecule has 0 spiro atoms. The van der Waals surface area contributed by atoms with Gasteiger partial charge in [-0.1, -0.05) is 24.3 Å². The summed E-state index contributed by atoms with van der Waals surface area (Å²) in [5.74, 6) is -0.164. The number of nitrogens with zero attached hydrogens (tertiary/aromatic N) is 2. The van der Waals surface area contributed by atoms with E-state index in [0.29, 0.717) is 29.8 Å². The molecule has 0 unspecified atom stereocenters. The molecule has 4 rings (SSSR count). The Morgan fingerprint density at radius 1 is 1.10 bits per heavy atom. The fourth-order valence-corrected chi connectivity index (χ4v) is 5.25. The summed E-state index contributed by atoms with van der Waals surface area (Å²) in [7, 11) is -3.87. The third kappa shape index (κ3) is 3.68. The average molecular weight is 417 g/mol. The minimum Gasteiger partial charge on any atom is -0.324 e. The second-order valence-corrected chi connectivity index (χ2v) is 9.09. The van der Waals surface area contributed by atoms with Gasteiger partial charge in [-0.2, -0.15) is 4.31 Å². The number of aromatic nitrogens is 2. The maximum atomic E-state index is 14.0. The number of fused-ring (bicyclic) bond motifs is 1. The molecule has 0 amide bonds. The minimum absolute atomic E-state index is 0.106. The fraction of sp³-hybridized carbons (Fsp3) is 0.300. The first-order valence-electron chi connectivity index (χ1n) is 9.46. The number of para-hydroxylation sites is 1. The van der Waals surface area contributed by atoms with Crippen molar-refractivity contribution in [2.24, 2.45) is 0 Å². The van der Waals surface area contributed by atoms with Crippen LogP contribution < -0.4 is 10.5 Å². The number of quaternary nitrogens is 1. The third-order valence-electron chi connectivity index (χ3n) is 5.47. The highest BCUT2D eigenvalue weighted by Gasteiger charge is 2.34. The Hall–Kier alpha value is -2.62. The second-order valence-electron chi connectivity index (χ2n) is 7.18. The van der Waals surface area contributed by atoms with E-state index in [9.17, 15) is 17.6 Å². The molecule has 7 nitrogen and oxygen atoms in total.